The van der Waals surface area contributed by atoms with Gasteiger partial charge in [0.2, 0.25) is 0 Å². The van der Waals surface area contributed by atoms with Crippen molar-refractivity contribution >= 4 is 18.1 Å². The Labute approximate surface area is 167 Å². The van der Waals surface area contributed by atoms with Gasteiger partial charge in [-0.05, 0) is 70.8 Å². The van der Waals surface area contributed by atoms with E-state index in [0.717, 1.165) is 11.6 Å². The summed E-state index contributed by atoms with van der Waals surface area (Å²) in [6.07, 6.45) is 10.7. The van der Waals surface area contributed by atoms with Gasteiger partial charge in [0.15, 0.2) is 0 Å². The van der Waals surface area contributed by atoms with Gasteiger partial charge in [-0.15, -0.1) is 0 Å². The highest BCUT2D eigenvalue weighted by Gasteiger charge is 2.34. The number of amides is 2. The van der Waals surface area contributed by atoms with Gasteiger partial charge >= 0.3 is 6.09 Å². The summed E-state index contributed by atoms with van der Waals surface area (Å²) < 4.78 is 7.59. The van der Waals surface area contributed by atoms with E-state index in [2.05, 4.69) is 16.5 Å². The molecular weight excluding hydrogens is 354 g/mol. The second-order valence-electron chi connectivity index (χ2n) is 9.53. The molecule has 0 unspecified atom stereocenters. The van der Waals surface area contributed by atoms with Crippen molar-refractivity contribution < 1.29 is 14.3 Å². The number of carbonyl (C=O) groups excluding carboxylic acids is 2. The van der Waals surface area contributed by atoms with E-state index >= 15 is 0 Å². The topological polar surface area (TPSA) is 64.4 Å². The third-order valence-corrected chi connectivity index (χ3v) is 5.55. The van der Waals surface area contributed by atoms with Crippen LogP contribution in [0.25, 0.3) is 6.08 Å². The van der Waals surface area contributed by atoms with Crippen LogP contribution in [0.15, 0.2) is 18.1 Å². The molecule has 6 heteroatoms. The summed E-state index contributed by atoms with van der Waals surface area (Å²) >= 11 is 0. The first-order chi connectivity index (χ1) is 13.1. The molecule has 2 amide bonds. The second kappa shape index (κ2) is 8.10. The summed E-state index contributed by atoms with van der Waals surface area (Å²) in [5.41, 5.74) is 0.769. The molecule has 1 saturated heterocycles. The molecule has 0 aromatic carbocycles. The molecule has 28 heavy (non-hydrogen) atoms. The van der Waals surface area contributed by atoms with Gasteiger partial charge in [0.05, 0.1) is 12.0 Å². The van der Waals surface area contributed by atoms with Crippen LogP contribution in [-0.2, 0) is 9.53 Å². The van der Waals surface area contributed by atoms with Gasteiger partial charge in [-0.1, -0.05) is 13.8 Å². The molecule has 2 heterocycles. The Morgan fingerprint density at radius 1 is 1.18 bits per heavy atom. The lowest BCUT2D eigenvalue weighted by Crippen LogP contribution is -2.46. The molecule has 2 aliphatic rings. The lowest BCUT2D eigenvalue weighted by Gasteiger charge is -2.32. The van der Waals surface area contributed by atoms with Crippen LogP contribution in [0, 0.1) is 11.8 Å². The number of rotatable bonds is 2. The highest BCUT2D eigenvalue weighted by molar-refractivity contribution is 6.05. The summed E-state index contributed by atoms with van der Waals surface area (Å²) in [4.78, 5) is 31.0. The van der Waals surface area contributed by atoms with Crippen molar-refractivity contribution in [3.05, 3.63) is 23.8 Å². The van der Waals surface area contributed by atoms with E-state index in [1.807, 2.05) is 25.5 Å². The molecule has 3 rings (SSSR count). The lowest BCUT2D eigenvalue weighted by atomic mass is 9.87. The number of ether oxygens (including phenoxy) is 1. The molecule has 0 N–H and O–H groups in total. The van der Waals surface area contributed by atoms with Crippen LogP contribution in [0.5, 0.6) is 0 Å². The van der Waals surface area contributed by atoms with Crippen LogP contribution in [0.1, 0.15) is 78.5 Å². The van der Waals surface area contributed by atoms with Crippen molar-refractivity contribution in [3.63, 3.8) is 0 Å². The fourth-order valence-electron chi connectivity index (χ4n) is 4.04. The molecular formula is C22H33N3O3. The number of nitrogens with zero attached hydrogens (tertiary/aromatic N) is 3. The fraction of sp³-hybridized carbons (Fsp3) is 0.682. The van der Waals surface area contributed by atoms with Crippen LogP contribution in [0.3, 0.4) is 0 Å². The highest BCUT2D eigenvalue weighted by Crippen LogP contribution is 2.32. The SMILES string of the molecule is CC1CCC(n2cnc(C=C3C[C@H](C)CN(C(=O)OC(C)(C)C)C3=O)c2)CC1. The minimum Gasteiger partial charge on any atom is -0.443 e. The Balaban J connectivity index is 1.74. The van der Waals surface area contributed by atoms with Gasteiger partial charge in [-0.2, -0.15) is 0 Å². The summed E-state index contributed by atoms with van der Waals surface area (Å²) in [5.74, 6) is 0.730. The van der Waals surface area contributed by atoms with Crippen LogP contribution >= 0.6 is 0 Å². The Bertz CT molecular complexity index is 751. The minimum atomic E-state index is -0.627. The second-order valence-corrected chi connectivity index (χ2v) is 9.53. The van der Waals surface area contributed by atoms with E-state index in [0.29, 0.717) is 24.6 Å². The molecule has 6 nitrogen and oxygen atoms in total. The molecule has 0 bridgehead atoms. The van der Waals surface area contributed by atoms with Crippen molar-refractivity contribution in [2.75, 3.05) is 6.54 Å². The Kier molecular flexibility index (Phi) is 5.96. The zero-order valence-corrected chi connectivity index (χ0v) is 17.8. The minimum absolute atomic E-state index is 0.193. The van der Waals surface area contributed by atoms with Crippen LogP contribution in [-0.4, -0.2) is 38.6 Å². The van der Waals surface area contributed by atoms with E-state index in [1.54, 1.807) is 20.8 Å². The molecule has 1 aliphatic carbocycles. The number of likely N-dealkylation sites (tertiary alicyclic amines) is 1. The zero-order valence-electron chi connectivity index (χ0n) is 17.8. The number of hydrogen-bond donors (Lipinski definition) is 0. The van der Waals surface area contributed by atoms with Crippen LogP contribution in [0.2, 0.25) is 0 Å². The molecule has 0 spiro atoms. The van der Waals surface area contributed by atoms with Crippen molar-refractivity contribution in [3.8, 4) is 0 Å². The third kappa shape index (κ3) is 5.03. The fourth-order valence-corrected chi connectivity index (χ4v) is 4.04. The highest BCUT2D eigenvalue weighted by atomic mass is 16.6. The standard InChI is InChI=1S/C22H33N3O3/c1-15-6-8-19(9-7-15)24-13-18(23-14-24)11-17-10-16(2)12-25(20(17)26)21(27)28-22(3,4)5/h11,13-16,19H,6-10,12H2,1-5H3/t15?,16-,19?/m0/s1. The zero-order chi connectivity index (χ0) is 20.5. The summed E-state index contributed by atoms with van der Waals surface area (Å²) in [5, 5.41) is 0. The van der Waals surface area contributed by atoms with E-state index in [4.69, 9.17) is 4.74 Å². The molecule has 1 aromatic heterocycles. The molecule has 1 atom stereocenters. The van der Waals surface area contributed by atoms with Crippen molar-refractivity contribution in [1.82, 2.24) is 14.5 Å². The van der Waals surface area contributed by atoms with Gasteiger partial charge in [0, 0.05) is 24.4 Å². The largest absolute Gasteiger partial charge is 0.443 e. The quantitative estimate of drug-likeness (QED) is 0.682. The van der Waals surface area contributed by atoms with Crippen molar-refractivity contribution in [2.45, 2.75) is 78.4 Å². The van der Waals surface area contributed by atoms with Crippen LogP contribution in [0.4, 0.5) is 4.79 Å². The van der Waals surface area contributed by atoms with Gasteiger partial charge in [0.1, 0.15) is 5.60 Å². The van der Waals surface area contributed by atoms with E-state index in [1.165, 1.54) is 30.6 Å². The summed E-state index contributed by atoms with van der Waals surface area (Å²) in [6, 6.07) is 0.495. The smallest absolute Gasteiger partial charge is 0.417 e. The maximum atomic E-state index is 12.9. The first-order valence-electron chi connectivity index (χ1n) is 10.4. The summed E-state index contributed by atoms with van der Waals surface area (Å²) in [7, 11) is 0. The third-order valence-electron chi connectivity index (χ3n) is 5.55. The number of carbonyl (C=O) groups is 2. The van der Waals surface area contributed by atoms with Crippen molar-refractivity contribution in [1.29, 1.82) is 0 Å². The van der Waals surface area contributed by atoms with E-state index < -0.39 is 11.7 Å². The van der Waals surface area contributed by atoms with Crippen LogP contribution < -0.4 is 0 Å². The number of piperidine rings is 1. The maximum absolute atomic E-state index is 12.9. The first-order valence-corrected chi connectivity index (χ1v) is 10.4. The Morgan fingerprint density at radius 2 is 1.86 bits per heavy atom. The van der Waals surface area contributed by atoms with Gasteiger partial charge in [0.25, 0.3) is 5.91 Å². The molecule has 2 fully saturated rings. The predicted molar refractivity (Wildman–Crippen MR) is 109 cm³/mol. The molecule has 1 saturated carbocycles. The maximum Gasteiger partial charge on any atom is 0.417 e. The number of imidazole rings is 1. The molecule has 154 valence electrons. The summed E-state index contributed by atoms with van der Waals surface area (Å²) in [6.45, 7) is 10.2. The number of hydrogen-bond acceptors (Lipinski definition) is 4. The number of aromatic nitrogens is 2. The number of imide groups is 1. The average molecular weight is 388 g/mol. The molecule has 1 aliphatic heterocycles. The molecule has 0 radical (unpaired) electrons. The first kappa shape index (κ1) is 20.6. The van der Waals surface area contributed by atoms with Crippen molar-refractivity contribution in [2.24, 2.45) is 11.8 Å². The monoisotopic (exact) mass is 387 g/mol. The normalized spacial score (nSPS) is 27.9. The van der Waals surface area contributed by atoms with E-state index in [-0.39, 0.29) is 11.8 Å². The Morgan fingerprint density at radius 3 is 2.50 bits per heavy atom. The van der Waals surface area contributed by atoms with Gasteiger partial charge in [-0.25, -0.2) is 14.7 Å². The lowest BCUT2D eigenvalue weighted by molar-refractivity contribution is -0.128. The Hall–Kier alpha value is -2.11. The van der Waals surface area contributed by atoms with Gasteiger partial charge in [-0.3, -0.25) is 4.79 Å². The predicted octanol–water partition coefficient (Wildman–Crippen LogP) is 4.82. The molecule has 1 aromatic rings. The van der Waals surface area contributed by atoms with E-state index in [9.17, 15) is 9.59 Å². The van der Waals surface area contributed by atoms with Gasteiger partial charge < -0.3 is 9.30 Å². The average Bonchev–Trinajstić information content (AvgIpc) is 3.05.